The molecule has 5 nitrogen and oxygen atoms in total. The Kier molecular flexibility index (Phi) is 7.46. The highest BCUT2D eigenvalue weighted by Crippen LogP contribution is 2.44. The minimum absolute atomic E-state index is 0.0307. The van der Waals surface area contributed by atoms with E-state index in [1.807, 2.05) is 24.3 Å². The number of aliphatic hydroxyl groups excluding tert-OH is 1. The standard InChI is InChI=1S/C23H29NO4/c1-2-3-13-27-14-12-17(15-25)24-23(26)28-16-22-20-10-6-4-8-18(20)19-9-5-7-11-21(19)22/h4-11,17,22,25H,2-3,12-16H2,1H3,(H,24,26). The molecule has 28 heavy (non-hydrogen) atoms. The largest absolute Gasteiger partial charge is 0.449 e. The van der Waals surface area contributed by atoms with Crippen molar-refractivity contribution in [1.29, 1.82) is 0 Å². The fourth-order valence-corrected chi connectivity index (χ4v) is 3.59. The van der Waals surface area contributed by atoms with Gasteiger partial charge in [0, 0.05) is 19.1 Å². The summed E-state index contributed by atoms with van der Waals surface area (Å²) in [6.45, 7) is 3.46. The van der Waals surface area contributed by atoms with Gasteiger partial charge in [-0.3, -0.25) is 0 Å². The van der Waals surface area contributed by atoms with E-state index < -0.39 is 6.09 Å². The summed E-state index contributed by atoms with van der Waals surface area (Å²) in [5, 5.41) is 12.2. The molecule has 0 aliphatic heterocycles. The summed E-state index contributed by atoms with van der Waals surface area (Å²) in [6.07, 6.45) is 2.16. The molecular formula is C23H29NO4. The molecule has 0 spiro atoms. The molecule has 1 amide bonds. The maximum atomic E-state index is 12.2. The Morgan fingerprint density at radius 1 is 1.07 bits per heavy atom. The summed E-state index contributed by atoms with van der Waals surface area (Å²) < 4.78 is 11.0. The average Bonchev–Trinajstić information content (AvgIpc) is 3.05. The van der Waals surface area contributed by atoms with Gasteiger partial charge in [0.1, 0.15) is 6.61 Å². The number of alkyl carbamates (subject to hydrolysis) is 1. The van der Waals surface area contributed by atoms with Gasteiger partial charge in [-0.15, -0.1) is 0 Å². The molecule has 5 heteroatoms. The Bertz CT molecular complexity index is 731. The minimum Gasteiger partial charge on any atom is -0.449 e. The number of hydrogen-bond donors (Lipinski definition) is 2. The number of rotatable bonds is 10. The van der Waals surface area contributed by atoms with Crippen molar-refractivity contribution in [1.82, 2.24) is 5.32 Å². The van der Waals surface area contributed by atoms with Gasteiger partial charge in [-0.05, 0) is 35.1 Å². The van der Waals surface area contributed by atoms with Crippen LogP contribution in [-0.4, -0.2) is 43.7 Å². The number of carbonyl (C=O) groups is 1. The lowest BCUT2D eigenvalue weighted by Gasteiger charge is -2.18. The van der Waals surface area contributed by atoms with Crippen molar-refractivity contribution in [3.8, 4) is 11.1 Å². The highest BCUT2D eigenvalue weighted by molar-refractivity contribution is 5.79. The van der Waals surface area contributed by atoms with Crippen molar-refractivity contribution in [3.05, 3.63) is 59.7 Å². The first-order valence-electron chi connectivity index (χ1n) is 10.0. The Hall–Kier alpha value is -2.37. The number of carbonyl (C=O) groups excluding carboxylic acids is 1. The summed E-state index contributed by atoms with van der Waals surface area (Å²) >= 11 is 0. The first-order valence-corrected chi connectivity index (χ1v) is 10.0. The SMILES string of the molecule is CCCCOCCC(CO)NC(=O)OCC1c2ccccc2-c2ccccc21. The minimum atomic E-state index is -0.505. The van der Waals surface area contributed by atoms with Crippen LogP contribution in [0.1, 0.15) is 43.2 Å². The molecule has 0 saturated carbocycles. The van der Waals surface area contributed by atoms with Crippen molar-refractivity contribution in [2.75, 3.05) is 26.4 Å². The number of fused-ring (bicyclic) bond motifs is 3. The van der Waals surface area contributed by atoms with Gasteiger partial charge in [0.15, 0.2) is 0 Å². The van der Waals surface area contributed by atoms with Crippen LogP contribution < -0.4 is 5.32 Å². The number of aliphatic hydroxyl groups is 1. The lowest BCUT2D eigenvalue weighted by Crippen LogP contribution is -2.39. The number of benzene rings is 2. The Morgan fingerprint density at radius 3 is 2.32 bits per heavy atom. The molecule has 1 atom stereocenters. The lowest BCUT2D eigenvalue weighted by atomic mass is 9.98. The van der Waals surface area contributed by atoms with Gasteiger partial charge in [0.2, 0.25) is 0 Å². The Labute approximate surface area is 166 Å². The average molecular weight is 383 g/mol. The molecule has 1 aliphatic carbocycles. The predicted molar refractivity (Wildman–Crippen MR) is 109 cm³/mol. The van der Waals surface area contributed by atoms with E-state index in [-0.39, 0.29) is 25.2 Å². The van der Waals surface area contributed by atoms with E-state index in [4.69, 9.17) is 9.47 Å². The number of unbranched alkanes of at least 4 members (excludes halogenated alkanes) is 1. The van der Waals surface area contributed by atoms with Gasteiger partial charge in [-0.25, -0.2) is 4.79 Å². The summed E-state index contributed by atoms with van der Waals surface area (Å²) in [7, 11) is 0. The summed E-state index contributed by atoms with van der Waals surface area (Å²) in [6, 6.07) is 16.1. The molecule has 0 radical (unpaired) electrons. The first-order chi connectivity index (χ1) is 13.7. The zero-order valence-corrected chi connectivity index (χ0v) is 16.4. The second kappa shape index (κ2) is 10.2. The van der Waals surface area contributed by atoms with Crippen LogP contribution in [0, 0.1) is 0 Å². The van der Waals surface area contributed by atoms with Crippen LogP contribution in [0.15, 0.2) is 48.5 Å². The smallest absolute Gasteiger partial charge is 0.407 e. The number of hydrogen-bond acceptors (Lipinski definition) is 4. The molecule has 0 aromatic heterocycles. The van der Waals surface area contributed by atoms with E-state index in [1.54, 1.807) is 0 Å². The van der Waals surface area contributed by atoms with Crippen LogP contribution in [0.4, 0.5) is 4.79 Å². The van der Waals surface area contributed by atoms with Crippen molar-refractivity contribution >= 4 is 6.09 Å². The number of amides is 1. The third-order valence-electron chi connectivity index (χ3n) is 5.14. The van der Waals surface area contributed by atoms with Crippen LogP contribution in [0.5, 0.6) is 0 Å². The van der Waals surface area contributed by atoms with Crippen LogP contribution in [0.25, 0.3) is 11.1 Å². The Balaban J connectivity index is 1.53. The third-order valence-corrected chi connectivity index (χ3v) is 5.14. The maximum absolute atomic E-state index is 12.2. The molecule has 0 fully saturated rings. The maximum Gasteiger partial charge on any atom is 0.407 e. The summed E-state index contributed by atoms with van der Waals surface area (Å²) in [4.78, 5) is 12.2. The van der Waals surface area contributed by atoms with Gasteiger partial charge in [0.25, 0.3) is 0 Å². The van der Waals surface area contributed by atoms with E-state index in [0.717, 1.165) is 12.8 Å². The zero-order valence-electron chi connectivity index (χ0n) is 16.4. The highest BCUT2D eigenvalue weighted by atomic mass is 16.5. The fourth-order valence-electron chi connectivity index (χ4n) is 3.59. The van der Waals surface area contributed by atoms with Crippen LogP contribution in [-0.2, 0) is 9.47 Å². The zero-order chi connectivity index (χ0) is 19.8. The molecular weight excluding hydrogens is 354 g/mol. The van der Waals surface area contributed by atoms with Gasteiger partial charge in [0.05, 0.1) is 12.6 Å². The molecule has 1 unspecified atom stereocenters. The third kappa shape index (κ3) is 4.91. The molecule has 0 bridgehead atoms. The molecule has 2 aromatic carbocycles. The first kappa shape index (κ1) is 20.4. The lowest BCUT2D eigenvalue weighted by molar-refractivity contribution is 0.103. The van der Waals surface area contributed by atoms with Gasteiger partial charge in [-0.1, -0.05) is 61.9 Å². The molecule has 150 valence electrons. The van der Waals surface area contributed by atoms with Crippen molar-refractivity contribution in [3.63, 3.8) is 0 Å². The van der Waals surface area contributed by atoms with E-state index in [9.17, 15) is 9.90 Å². The molecule has 1 aliphatic rings. The van der Waals surface area contributed by atoms with Crippen molar-refractivity contribution in [2.45, 2.75) is 38.1 Å². The highest BCUT2D eigenvalue weighted by Gasteiger charge is 2.29. The monoisotopic (exact) mass is 383 g/mol. The quantitative estimate of drug-likeness (QED) is 0.606. The second-order valence-corrected chi connectivity index (χ2v) is 7.10. The molecule has 2 aromatic rings. The van der Waals surface area contributed by atoms with Crippen LogP contribution in [0.3, 0.4) is 0 Å². The number of ether oxygens (including phenoxy) is 2. The number of nitrogens with one attached hydrogen (secondary N) is 1. The van der Waals surface area contributed by atoms with E-state index in [1.165, 1.54) is 22.3 Å². The molecule has 0 saturated heterocycles. The normalized spacial score (nSPS) is 13.6. The summed E-state index contributed by atoms with van der Waals surface area (Å²) in [5.74, 6) is 0.0307. The fraction of sp³-hybridized carbons (Fsp3) is 0.435. The van der Waals surface area contributed by atoms with Gasteiger partial charge in [-0.2, -0.15) is 0 Å². The molecule has 3 rings (SSSR count). The van der Waals surface area contributed by atoms with Crippen LogP contribution in [0.2, 0.25) is 0 Å². The van der Waals surface area contributed by atoms with Crippen molar-refractivity contribution < 1.29 is 19.4 Å². The van der Waals surface area contributed by atoms with Crippen molar-refractivity contribution in [2.24, 2.45) is 0 Å². The molecule has 0 heterocycles. The second-order valence-electron chi connectivity index (χ2n) is 7.10. The summed E-state index contributed by atoms with van der Waals surface area (Å²) in [5.41, 5.74) is 4.76. The van der Waals surface area contributed by atoms with E-state index >= 15 is 0 Å². The molecule has 2 N–H and O–H groups in total. The van der Waals surface area contributed by atoms with E-state index in [2.05, 4.69) is 36.5 Å². The van der Waals surface area contributed by atoms with Gasteiger partial charge >= 0.3 is 6.09 Å². The van der Waals surface area contributed by atoms with Gasteiger partial charge < -0.3 is 19.9 Å². The van der Waals surface area contributed by atoms with E-state index in [0.29, 0.717) is 19.6 Å². The topological polar surface area (TPSA) is 67.8 Å². The predicted octanol–water partition coefficient (Wildman–Crippen LogP) is 4.09. The van der Waals surface area contributed by atoms with Crippen LogP contribution >= 0.6 is 0 Å². The Morgan fingerprint density at radius 2 is 1.71 bits per heavy atom.